The van der Waals surface area contributed by atoms with Crippen molar-refractivity contribution >= 4 is 5.97 Å². The molecule has 0 amide bonds. The normalized spacial score (nSPS) is 19.7. The molecule has 0 spiro atoms. The number of hydrogen-bond donors (Lipinski definition) is 0. The number of alkyl halides is 3. The van der Waals surface area contributed by atoms with Crippen LogP contribution in [0.5, 0.6) is 11.5 Å². The highest BCUT2D eigenvalue weighted by Gasteiger charge is 2.31. The highest BCUT2D eigenvalue weighted by Crippen LogP contribution is 2.37. The summed E-state index contributed by atoms with van der Waals surface area (Å²) in [7, 11) is 0. The van der Waals surface area contributed by atoms with E-state index in [1.54, 1.807) is 0 Å². The molecule has 2 aromatic carbocycles. The molecule has 0 heterocycles. The fraction of sp³-hybridized carbons (Fsp3) is 0.381. The third kappa shape index (κ3) is 5.46. The first-order valence-electron chi connectivity index (χ1n) is 9.19. The van der Waals surface area contributed by atoms with Gasteiger partial charge in [0.15, 0.2) is 11.6 Å². The SMILES string of the molecule is CC1CCC(c2cc(F)c(OC(=O)c3ccc(OC(F)(F)F)cc3)c(F)c2)CC1.[HH]. The quantitative estimate of drug-likeness (QED) is 0.319. The number of esters is 1. The van der Waals surface area contributed by atoms with Gasteiger partial charge in [0.25, 0.3) is 0 Å². The second-order valence-electron chi connectivity index (χ2n) is 7.23. The van der Waals surface area contributed by atoms with E-state index < -0.39 is 35.5 Å². The predicted molar refractivity (Wildman–Crippen MR) is 96.9 cm³/mol. The number of benzene rings is 2. The van der Waals surface area contributed by atoms with Crippen LogP contribution < -0.4 is 9.47 Å². The third-order valence-corrected chi connectivity index (χ3v) is 5.03. The van der Waals surface area contributed by atoms with Crippen molar-refractivity contribution in [3.8, 4) is 11.5 Å². The summed E-state index contributed by atoms with van der Waals surface area (Å²) in [6.45, 7) is 2.14. The molecular formula is C21H21F5O3. The molecular weight excluding hydrogens is 395 g/mol. The summed E-state index contributed by atoms with van der Waals surface area (Å²) >= 11 is 0. The fourth-order valence-electron chi connectivity index (χ4n) is 3.45. The molecule has 1 aliphatic rings. The molecule has 0 bridgehead atoms. The van der Waals surface area contributed by atoms with Gasteiger partial charge in [-0.2, -0.15) is 0 Å². The molecule has 29 heavy (non-hydrogen) atoms. The van der Waals surface area contributed by atoms with E-state index in [9.17, 15) is 26.7 Å². The summed E-state index contributed by atoms with van der Waals surface area (Å²) in [5.41, 5.74) is 0.351. The number of hydrogen-bond acceptors (Lipinski definition) is 3. The molecule has 0 radical (unpaired) electrons. The molecule has 3 nitrogen and oxygen atoms in total. The lowest BCUT2D eigenvalue weighted by Crippen LogP contribution is -2.17. The van der Waals surface area contributed by atoms with Crippen molar-refractivity contribution in [1.29, 1.82) is 0 Å². The Hall–Kier alpha value is -2.64. The van der Waals surface area contributed by atoms with Crippen LogP contribution in [0.2, 0.25) is 0 Å². The minimum atomic E-state index is -4.87. The van der Waals surface area contributed by atoms with Crippen molar-refractivity contribution in [1.82, 2.24) is 0 Å². The van der Waals surface area contributed by atoms with Gasteiger partial charge in [-0.15, -0.1) is 13.2 Å². The van der Waals surface area contributed by atoms with Crippen LogP contribution in [0.3, 0.4) is 0 Å². The van der Waals surface area contributed by atoms with Crippen LogP contribution in [0.4, 0.5) is 22.0 Å². The Bertz CT molecular complexity index is 852. The Labute approximate surface area is 165 Å². The summed E-state index contributed by atoms with van der Waals surface area (Å²) in [5, 5.41) is 0. The molecule has 0 aliphatic heterocycles. The van der Waals surface area contributed by atoms with Crippen LogP contribution >= 0.6 is 0 Å². The zero-order valence-corrected chi connectivity index (χ0v) is 15.6. The van der Waals surface area contributed by atoms with Crippen molar-refractivity contribution in [3.63, 3.8) is 0 Å². The van der Waals surface area contributed by atoms with Gasteiger partial charge in [0.05, 0.1) is 5.56 Å². The van der Waals surface area contributed by atoms with Crippen LogP contribution in [-0.2, 0) is 0 Å². The second kappa shape index (κ2) is 8.39. The molecule has 1 fully saturated rings. The molecule has 0 unspecified atom stereocenters. The first-order chi connectivity index (χ1) is 13.6. The highest BCUT2D eigenvalue weighted by molar-refractivity contribution is 5.91. The van der Waals surface area contributed by atoms with E-state index in [4.69, 9.17) is 4.74 Å². The van der Waals surface area contributed by atoms with E-state index >= 15 is 0 Å². The molecule has 3 rings (SSSR count). The van der Waals surface area contributed by atoms with Crippen LogP contribution in [0.25, 0.3) is 0 Å². The average Bonchev–Trinajstić information content (AvgIpc) is 2.64. The van der Waals surface area contributed by atoms with Gasteiger partial charge in [-0.05, 0) is 66.6 Å². The van der Waals surface area contributed by atoms with E-state index in [1.807, 2.05) is 0 Å². The first-order valence-corrected chi connectivity index (χ1v) is 9.19. The molecule has 0 aromatic heterocycles. The lowest BCUT2D eigenvalue weighted by molar-refractivity contribution is -0.274. The van der Waals surface area contributed by atoms with Crippen molar-refractivity contribution in [2.24, 2.45) is 5.92 Å². The number of carbonyl (C=O) groups excluding carboxylic acids is 1. The monoisotopic (exact) mass is 416 g/mol. The molecule has 1 saturated carbocycles. The maximum Gasteiger partial charge on any atom is 0.573 e. The van der Waals surface area contributed by atoms with Crippen LogP contribution in [0, 0.1) is 17.6 Å². The number of carbonyl (C=O) groups is 1. The minimum absolute atomic E-state index is 0. The molecule has 158 valence electrons. The Morgan fingerprint density at radius 1 is 1.00 bits per heavy atom. The Morgan fingerprint density at radius 2 is 1.55 bits per heavy atom. The van der Waals surface area contributed by atoms with Gasteiger partial charge >= 0.3 is 12.3 Å². The van der Waals surface area contributed by atoms with Gasteiger partial charge in [-0.3, -0.25) is 0 Å². The molecule has 2 aromatic rings. The molecule has 1 aliphatic carbocycles. The van der Waals surface area contributed by atoms with E-state index in [2.05, 4.69) is 11.7 Å². The van der Waals surface area contributed by atoms with Gasteiger partial charge in [0.2, 0.25) is 5.75 Å². The van der Waals surface area contributed by atoms with E-state index in [-0.39, 0.29) is 12.9 Å². The zero-order valence-electron chi connectivity index (χ0n) is 15.6. The van der Waals surface area contributed by atoms with Gasteiger partial charge in [0, 0.05) is 1.43 Å². The van der Waals surface area contributed by atoms with E-state index in [0.29, 0.717) is 11.5 Å². The Balaban J connectivity index is 0.00000320. The summed E-state index contributed by atoms with van der Waals surface area (Å²) in [5.74, 6) is -3.81. The predicted octanol–water partition coefficient (Wildman–Crippen LogP) is 6.62. The lowest BCUT2D eigenvalue weighted by Gasteiger charge is -2.26. The smallest absolute Gasteiger partial charge is 0.417 e. The molecule has 0 N–H and O–H groups in total. The van der Waals surface area contributed by atoms with Crippen molar-refractivity contribution in [2.45, 2.75) is 44.9 Å². The first kappa shape index (κ1) is 21.1. The summed E-state index contributed by atoms with van der Waals surface area (Å²) in [6.07, 6.45) is -1.22. The Kier molecular flexibility index (Phi) is 6.10. The maximum atomic E-state index is 14.4. The van der Waals surface area contributed by atoms with Gasteiger partial charge in [0.1, 0.15) is 5.75 Å². The summed E-state index contributed by atoms with van der Waals surface area (Å²) in [6, 6.07) is 6.18. The fourth-order valence-corrected chi connectivity index (χ4v) is 3.45. The molecule has 0 atom stereocenters. The van der Waals surface area contributed by atoms with E-state index in [0.717, 1.165) is 49.9 Å². The van der Waals surface area contributed by atoms with Crippen molar-refractivity contribution in [3.05, 3.63) is 59.2 Å². The summed E-state index contributed by atoms with van der Waals surface area (Å²) < 4.78 is 73.8. The standard InChI is InChI=1S/C21H19F5O3.H2/c1-12-2-4-13(5-3-12)15-10-17(22)19(18(23)11-15)28-20(27)14-6-8-16(9-7-14)29-21(24,25)26;/h6-13H,2-5H2,1H3;1H. The minimum Gasteiger partial charge on any atom is -0.417 e. The second-order valence-corrected chi connectivity index (χ2v) is 7.23. The third-order valence-electron chi connectivity index (χ3n) is 5.03. The summed E-state index contributed by atoms with van der Waals surface area (Å²) in [4.78, 5) is 12.1. The largest absolute Gasteiger partial charge is 0.573 e. The molecule has 8 heteroatoms. The van der Waals surface area contributed by atoms with Crippen LogP contribution in [0.1, 0.15) is 55.9 Å². The van der Waals surface area contributed by atoms with Gasteiger partial charge in [-0.1, -0.05) is 19.8 Å². The highest BCUT2D eigenvalue weighted by atomic mass is 19.4. The van der Waals surface area contributed by atoms with Crippen LogP contribution in [-0.4, -0.2) is 12.3 Å². The maximum absolute atomic E-state index is 14.4. The van der Waals surface area contributed by atoms with Crippen molar-refractivity contribution < 1.29 is 37.6 Å². The lowest BCUT2D eigenvalue weighted by atomic mass is 9.79. The van der Waals surface area contributed by atoms with Crippen molar-refractivity contribution in [2.75, 3.05) is 0 Å². The average molecular weight is 416 g/mol. The number of ether oxygens (including phenoxy) is 2. The zero-order chi connectivity index (χ0) is 21.2. The molecule has 0 saturated heterocycles. The number of rotatable bonds is 4. The van der Waals surface area contributed by atoms with Crippen LogP contribution in [0.15, 0.2) is 36.4 Å². The van der Waals surface area contributed by atoms with E-state index in [1.165, 1.54) is 12.1 Å². The van der Waals surface area contributed by atoms with Gasteiger partial charge < -0.3 is 9.47 Å². The topological polar surface area (TPSA) is 35.5 Å². The number of halogens is 5. The van der Waals surface area contributed by atoms with Gasteiger partial charge in [-0.25, -0.2) is 13.6 Å². The Morgan fingerprint density at radius 3 is 2.07 bits per heavy atom.